The van der Waals surface area contributed by atoms with Crippen molar-refractivity contribution in [3.05, 3.63) is 12.1 Å². The summed E-state index contributed by atoms with van der Waals surface area (Å²) in [7, 11) is 1.60. The van der Waals surface area contributed by atoms with Gasteiger partial charge in [0.05, 0.1) is 13.8 Å². The van der Waals surface area contributed by atoms with E-state index in [-0.39, 0.29) is 0 Å². The molecule has 7 heavy (non-hydrogen) atoms. The Labute approximate surface area is 42.4 Å². The Bertz CT molecular complexity index is 89.7. The average molecular weight is 99.1 g/mol. The van der Waals surface area contributed by atoms with Crippen LogP contribution in [0.4, 0.5) is 0 Å². The Balaban J connectivity index is 2.36. The fourth-order valence-electron chi connectivity index (χ4n) is 0.416. The van der Waals surface area contributed by atoms with Gasteiger partial charge in [-0.05, 0) is 0 Å². The number of ether oxygens (including phenoxy) is 1. The number of rotatable bonds is 1. The maximum absolute atomic E-state index is 4.74. The Kier molecular flexibility index (Phi) is 1.06. The molecule has 39 valence electrons. The Morgan fingerprint density at radius 3 is 3.00 bits per heavy atom. The van der Waals surface area contributed by atoms with Crippen molar-refractivity contribution in [1.82, 2.24) is 10.6 Å². The van der Waals surface area contributed by atoms with Gasteiger partial charge < -0.3 is 15.4 Å². The third-order valence-corrected chi connectivity index (χ3v) is 0.743. The van der Waals surface area contributed by atoms with Crippen molar-refractivity contribution in [2.45, 2.75) is 0 Å². The summed E-state index contributed by atoms with van der Waals surface area (Å²) in [5, 5.41) is 5.68. The van der Waals surface area contributed by atoms with Crippen LogP contribution in [0.15, 0.2) is 5.88 Å². The van der Waals surface area contributed by atoms with Crippen molar-refractivity contribution < 1.29 is 4.74 Å². The summed E-state index contributed by atoms with van der Waals surface area (Å²) in [6.07, 6.45) is 2.74. The van der Waals surface area contributed by atoms with Gasteiger partial charge in [0.1, 0.15) is 6.20 Å². The van der Waals surface area contributed by atoms with Crippen molar-refractivity contribution in [2.24, 2.45) is 0 Å². The first-order chi connectivity index (χ1) is 3.43. The zero-order valence-corrected chi connectivity index (χ0v) is 4.12. The van der Waals surface area contributed by atoms with Crippen molar-refractivity contribution in [3.63, 3.8) is 0 Å². The van der Waals surface area contributed by atoms with E-state index in [0.717, 1.165) is 6.67 Å². The van der Waals surface area contributed by atoms with Gasteiger partial charge in [0.2, 0.25) is 5.88 Å². The van der Waals surface area contributed by atoms with E-state index in [2.05, 4.69) is 16.8 Å². The molecule has 0 spiro atoms. The van der Waals surface area contributed by atoms with Crippen LogP contribution in [0.2, 0.25) is 0 Å². The van der Waals surface area contributed by atoms with Gasteiger partial charge in [-0.15, -0.1) is 0 Å². The summed E-state index contributed by atoms with van der Waals surface area (Å²) >= 11 is 0. The molecular weight excluding hydrogens is 92.1 g/mol. The molecule has 0 aromatic rings. The minimum absolute atomic E-state index is 0.681. The number of methoxy groups -OCH3 is 1. The molecule has 0 aliphatic carbocycles. The number of hydrogen-bond donors (Lipinski definition) is 2. The molecule has 0 fully saturated rings. The third-order valence-electron chi connectivity index (χ3n) is 0.743. The molecule has 1 radical (unpaired) electrons. The summed E-state index contributed by atoms with van der Waals surface area (Å²) in [6.45, 7) is 0.725. The first-order valence-corrected chi connectivity index (χ1v) is 2.07. The molecule has 0 saturated heterocycles. The van der Waals surface area contributed by atoms with Crippen molar-refractivity contribution in [2.75, 3.05) is 13.8 Å². The fraction of sp³-hybridized carbons (Fsp3) is 0.500. The highest BCUT2D eigenvalue weighted by molar-refractivity contribution is 4.86. The zero-order valence-electron chi connectivity index (χ0n) is 4.12. The van der Waals surface area contributed by atoms with Crippen LogP contribution in [-0.2, 0) is 4.74 Å². The quantitative estimate of drug-likeness (QED) is 0.460. The van der Waals surface area contributed by atoms with E-state index in [9.17, 15) is 0 Å². The van der Waals surface area contributed by atoms with Crippen molar-refractivity contribution in [1.29, 1.82) is 0 Å². The molecule has 2 N–H and O–H groups in total. The molecule has 3 heteroatoms. The van der Waals surface area contributed by atoms with E-state index in [1.165, 1.54) is 0 Å². The van der Waals surface area contributed by atoms with Crippen LogP contribution in [0.3, 0.4) is 0 Å². The number of hydrogen-bond acceptors (Lipinski definition) is 3. The monoisotopic (exact) mass is 99.1 g/mol. The van der Waals surface area contributed by atoms with Gasteiger partial charge in [0, 0.05) is 0 Å². The van der Waals surface area contributed by atoms with Crippen molar-refractivity contribution in [3.8, 4) is 0 Å². The molecule has 1 aliphatic heterocycles. The lowest BCUT2D eigenvalue weighted by molar-refractivity contribution is 0.268. The van der Waals surface area contributed by atoms with E-state index < -0.39 is 0 Å². The van der Waals surface area contributed by atoms with Crippen LogP contribution in [-0.4, -0.2) is 13.8 Å². The topological polar surface area (TPSA) is 33.3 Å². The molecule has 1 rings (SSSR count). The van der Waals surface area contributed by atoms with E-state index in [4.69, 9.17) is 4.74 Å². The molecule has 0 unspecified atom stereocenters. The van der Waals surface area contributed by atoms with Crippen molar-refractivity contribution >= 4 is 0 Å². The Hall–Kier alpha value is -0.860. The molecule has 3 nitrogen and oxygen atoms in total. The van der Waals surface area contributed by atoms with Gasteiger partial charge in [-0.2, -0.15) is 0 Å². The first kappa shape index (κ1) is 4.30. The minimum atomic E-state index is 0.681. The smallest absolute Gasteiger partial charge is 0.214 e. The molecule has 0 bridgehead atoms. The van der Waals surface area contributed by atoms with E-state index >= 15 is 0 Å². The molecule has 0 aromatic heterocycles. The molecule has 0 amide bonds. The highest BCUT2D eigenvalue weighted by atomic mass is 16.5. The zero-order chi connectivity index (χ0) is 5.11. The summed E-state index contributed by atoms with van der Waals surface area (Å²) in [6, 6.07) is 0. The molecule has 0 saturated carbocycles. The van der Waals surface area contributed by atoms with E-state index in [0.29, 0.717) is 5.88 Å². The van der Waals surface area contributed by atoms with E-state index in [1.54, 1.807) is 7.11 Å². The van der Waals surface area contributed by atoms with Crippen LogP contribution in [0.1, 0.15) is 0 Å². The summed E-state index contributed by atoms with van der Waals surface area (Å²) in [4.78, 5) is 0. The lowest BCUT2D eigenvalue weighted by Gasteiger charge is -1.95. The summed E-state index contributed by atoms with van der Waals surface area (Å²) in [5.41, 5.74) is 0. The van der Waals surface area contributed by atoms with Gasteiger partial charge in [0.15, 0.2) is 0 Å². The van der Waals surface area contributed by atoms with Crippen LogP contribution < -0.4 is 10.6 Å². The van der Waals surface area contributed by atoms with Crippen LogP contribution in [0, 0.1) is 6.20 Å². The molecule has 0 aromatic carbocycles. The standard InChI is InChI=1S/C4H7N2O/c1-7-4-2-5-3-6-4/h5-6H,3H2,1H3. The maximum atomic E-state index is 4.74. The predicted octanol–water partition coefficient (Wildman–Crippen LogP) is -0.615. The van der Waals surface area contributed by atoms with Gasteiger partial charge in [-0.3, -0.25) is 0 Å². The third kappa shape index (κ3) is 0.765. The van der Waals surface area contributed by atoms with E-state index in [1.807, 2.05) is 0 Å². The SMILES string of the molecule is COC1=[C]NCN1. The largest absolute Gasteiger partial charge is 0.481 e. The minimum Gasteiger partial charge on any atom is -0.481 e. The van der Waals surface area contributed by atoms with Gasteiger partial charge in [0.25, 0.3) is 0 Å². The normalized spacial score (nSPS) is 17.0. The van der Waals surface area contributed by atoms with Gasteiger partial charge in [-0.25, -0.2) is 0 Å². The first-order valence-electron chi connectivity index (χ1n) is 2.07. The predicted molar refractivity (Wildman–Crippen MR) is 24.9 cm³/mol. The highest BCUT2D eigenvalue weighted by Gasteiger charge is 1.98. The lowest BCUT2D eigenvalue weighted by atomic mass is 10.9. The summed E-state index contributed by atoms with van der Waals surface area (Å²) in [5.74, 6) is 0.681. The second kappa shape index (κ2) is 1.73. The second-order valence-corrected chi connectivity index (χ2v) is 1.19. The van der Waals surface area contributed by atoms with Gasteiger partial charge >= 0.3 is 0 Å². The lowest BCUT2D eigenvalue weighted by Crippen LogP contribution is -2.14. The average Bonchev–Trinajstić information content (AvgIpc) is 2.14. The maximum Gasteiger partial charge on any atom is 0.214 e. The van der Waals surface area contributed by atoms with Crippen LogP contribution >= 0.6 is 0 Å². The van der Waals surface area contributed by atoms with Crippen LogP contribution in [0.5, 0.6) is 0 Å². The highest BCUT2D eigenvalue weighted by Crippen LogP contribution is 1.87. The number of nitrogens with one attached hydrogen (secondary N) is 2. The molecule has 1 aliphatic rings. The fourth-order valence-corrected chi connectivity index (χ4v) is 0.416. The summed E-state index contributed by atoms with van der Waals surface area (Å²) < 4.78 is 4.74. The molecular formula is C4H7N2O. The van der Waals surface area contributed by atoms with Gasteiger partial charge in [-0.1, -0.05) is 0 Å². The Morgan fingerprint density at radius 1 is 1.86 bits per heavy atom. The van der Waals surface area contributed by atoms with Crippen LogP contribution in [0.25, 0.3) is 0 Å². The Morgan fingerprint density at radius 2 is 2.71 bits per heavy atom. The molecule has 1 heterocycles. The molecule has 0 atom stereocenters. The second-order valence-electron chi connectivity index (χ2n) is 1.19.